The molecule has 7 nitrogen and oxygen atoms in total. The lowest BCUT2D eigenvalue weighted by Gasteiger charge is -2.26. The fraction of sp³-hybridized carbons (Fsp3) is 0.421. The minimum atomic E-state index is -0.737. The average Bonchev–Trinajstić information content (AvgIpc) is 3.54. The van der Waals surface area contributed by atoms with Crippen LogP contribution in [0.1, 0.15) is 58.4 Å². The van der Waals surface area contributed by atoms with E-state index < -0.39 is 5.41 Å². The number of nitrogens with zero attached hydrogens (tertiary/aromatic N) is 2. The van der Waals surface area contributed by atoms with E-state index in [1.165, 1.54) is 0 Å². The van der Waals surface area contributed by atoms with Gasteiger partial charge in [0.15, 0.2) is 0 Å². The van der Waals surface area contributed by atoms with Crippen LogP contribution in [0.2, 0.25) is 0 Å². The molecule has 256 valence electrons. The Bertz CT molecular complexity index is 1760. The Labute approximate surface area is 304 Å². The molecule has 0 N–H and O–H groups in total. The van der Waals surface area contributed by atoms with Crippen LogP contribution in [0.3, 0.4) is 0 Å². The molecule has 0 bridgehead atoms. The van der Waals surface area contributed by atoms with Crippen molar-refractivity contribution in [1.29, 1.82) is 0 Å². The van der Waals surface area contributed by atoms with E-state index in [4.69, 9.17) is 14.2 Å². The van der Waals surface area contributed by atoms with Gasteiger partial charge in [0.25, 0.3) is 0 Å². The molecule has 3 aromatic carbocycles. The molecule has 1 amide bonds. The van der Waals surface area contributed by atoms with Crippen molar-refractivity contribution in [2.45, 2.75) is 76.6 Å². The maximum absolute atomic E-state index is 13.2. The van der Waals surface area contributed by atoms with E-state index in [1.54, 1.807) is 16.7 Å². The predicted octanol–water partition coefficient (Wildman–Crippen LogP) is 9.82. The lowest BCUT2D eigenvalue weighted by molar-refractivity contribution is -0.153. The molecule has 0 spiro atoms. The Balaban J connectivity index is 1.54. The Morgan fingerprint density at radius 2 is 1.71 bits per heavy atom. The number of benzene rings is 3. The van der Waals surface area contributed by atoms with Crippen molar-refractivity contribution < 1.29 is 23.8 Å². The minimum Gasteiger partial charge on any atom is -0.491 e. The Hall–Kier alpha value is -2.95. The van der Waals surface area contributed by atoms with Gasteiger partial charge in [-0.15, -0.1) is 11.8 Å². The Morgan fingerprint density at radius 1 is 0.979 bits per heavy atom. The summed E-state index contributed by atoms with van der Waals surface area (Å²) in [6.07, 6.45) is 0.826. The number of ether oxygens (including phenoxy) is 3. The van der Waals surface area contributed by atoms with Gasteiger partial charge in [-0.25, -0.2) is 4.79 Å². The highest BCUT2D eigenvalue weighted by Gasteiger charge is 2.36. The number of amides is 1. The normalized spacial score (nSPS) is 14.7. The van der Waals surface area contributed by atoms with Crippen molar-refractivity contribution in [3.63, 3.8) is 0 Å². The van der Waals surface area contributed by atoms with Crippen molar-refractivity contribution in [2.24, 2.45) is 5.41 Å². The molecule has 5 rings (SSSR count). The molecule has 1 unspecified atom stereocenters. The third kappa shape index (κ3) is 8.43. The molecule has 1 aliphatic heterocycles. The maximum atomic E-state index is 13.2. The second-order valence-electron chi connectivity index (χ2n) is 13.6. The third-order valence-electron chi connectivity index (χ3n) is 8.20. The van der Waals surface area contributed by atoms with Crippen LogP contribution in [0, 0.1) is 5.41 Å². The van der Waals surface area contributed by atoms with Gasteiger partial charge in [-0.05, 0) is 74.7 Å². The predicted molar refractivity (Wildman–Crippen MR) is 202 cm³/mol. The summed E-state index contributed by atoms with van der Waals surface area (Å²) in [5.74, 6) is 0.512. The number of carbonyl (C=O) groups is 2. The molecule has 0 fully saturated rings. The molecular weight excluding hydrogens is 756 g/mol. The zero-order valence-electron chi connectivity index (χ0n) is 28.5. The fourth-order valence-corrected chi connectivity index (χ4v) is 7.65. The zero-order valence-corrected chi connectivity index (χ0v) is 32.5. The van der Waals surface area contributed by atoms with Crippen LogP contribution in [0.5, 0.6) is 5.75 Å². The second-order valence-corrected chi connectivity index (χ2v) is 17.2. The average molecular weight is 801 g/mol. The monoisotopic (exact) mass is 798 g/mol. The molecule has 48 heavy (non-hydrogen) atoms. The second kappa shape index (κ2) is 15.3. The van der Waals surface area contributed by atoms with E-state index in [2.05, 4.69) is 99.7 Å². The van der Waals surface area contributed by atoms with E-state index in [0.717, 1.165) is 48.5 Å². The van der Waals surface area contributed by atoms with E-state index in [9.17, 15) is 9.59 Å². The fourth-order valence-electron chi connectivity index (χ4n) is 6.04. The lowest BCUT2D eigenvalue weighted by atomic mass is 9.87. The van der Waals surface area contributed by atoms with Gasteiger partial charge in [0.2, 0.25) is 0 Å². The van der Waals surface area contributed by atoms with Gasteiger partial charge >= 0.3 is 12.1 Å². The number of aromatic nitrogens is 1. The molecule has 1 aromatic heterocycles. The van der Waals surface area contributed by atoms with Gasteiger partial charge in [0.1, 0.15) is 19.0 Å². The SMILES string of the molecule is CCOC(=O)C(C)(C)Cc1c(SC(C)(C)C)c2cc(OCC3Cc4ccccc4N3C(=O)OCCBr)ccc2n1Cc1ccc(Br)cc1. The summed E-state index contributed by atoms with van der Waals surface area (Å²) in [6, 6.07) is 22.3. The molecule has 0 saturated carbocycles. The number of para-hydroxylation sites is 1. The number of anilines is 1. The summed E-state index contributed by atoms with van der Waals surface area (Å²) in [6.45, 7) is 14.0. The van der Waals surface area contributed by atoms with Crippen LogP contribution in [0.25, 0.3) is 10.9 Å². The summed E-state index contributed by atoms with van der Waals surface area (Å²) in [5, 5.41) is 1.65. The summed E-state index contributed by atoms with van der Waals surface area (Å²) in [7, 11) is 0. The molecule has 2 heterocycles. The topological polar surface area (TPSA) is 70.0 Å². The number of carbonyl (C=O) groups excluding carboxylic acids is 2. The first-order valence-corrected chi connectivity index (χ1v) is 19.0. The quantitative estimate of drug-likeness (QED) is 0.0808. The molecular formula is C38H44Br2N2O5S. The summed E-state index contributed by atoms with van der Waals surface area (Å²) in [5.41, 5.74) is 4.54. The largest absolute Gasteiger partial charge is 0.491 e. The van der Waals surface area contributed by atoms with Crippen molar-refractivity contribution in [2.75, 3.05) is 30.1 Å². The van der Waals surface area contributed by atoms with E-state index in [1.807, 2.05) is 45.0 Å². The van der Waals surface area contributed by atoms with Gasteiger partial charge in [0, 0.05) is 49.0 Å². The number of hydrogen-bond acceptors (Lipinski definition) is 6. The Morgan fingerprint density at radius 3 is 2.40 bits per heavy atom. The number of fused-ring (bicyclic) bond motifs is 2. The highest BCUT2D eigenvalue weighted by Crippen LogP contribution is 2.44. The maximum Gasteiger partial charge on any atom is 0.414 e. The summed E-state index contributed by atoms with van der Waals surface area (Å²) in [4.78, 5) is 29.2. The van der Waals surface area contributed by atoms with Crippen LogP contribution in [0.4, 0.5) is 10.5 Å². The van der Waals surface area contributed by atoms with Crippen LogP contribution in [-0.4, -0.2) is 52.6 Å². The zero-order chi connectivity index (χ0) is 34.6. The van der Waals surface area contributed by atoms with Gasteiger partial charge < -0.3 is 18.8 Å². The van der Waals surface area contributed by atoms with Crippen molar-refractivity contribution in [3.05, 3.63) is 88.0 Å². The third-order valence-corrected chi connectivity index (χ3v) is 10.3. The highest BCUT2D eigenvalue weighted by molar-refractivity contribution is 9.10. The lowest BCUT2D eigenvalue weighted by Crippen LogP contribution is -2.42. The Kier molecular flexibility index (Phi) is 11.6. The van der Waals surface area contributed by atoms with Crippen LogP contribution in [-0.2, 0) is 33.7 Å². The van der Waals surface area contributed by atoms with Crippen LogP contribution >= 0.6 is 43.6 Å². The van der Waals surface area contributed by atoms with Crippen LogP contribution in [0.15, 0.2) is 76.1 Å². The highest BCUT2D eigenvalue weighted by atomic mass is 79.9. The first kappa shape index (κ1) is 36.3. The van der Waals surface area contributed by atoms with Crippen molar-refractivity contribution >= 4 is 72.3 Å². The smallest absolute Gasteiger partial charge is 0.414 e. The molecule has 4 aromatic rings. The van der Waals surface area contributed by atoms with Gasteiger partial charge in [0.05, 0.1) is 23.8 Å². The number of hydrogen-bond donors (Lipinski definition) is 0. The first-order chi connectivity index (χ1) is 22.8. The minimum absolute atomic E-state index is 0.0952. The molecule has 0 saturated heterocycles. The standard InChI is InChI=1S/C38H44Br2N2O5S/c1-7-45-35(43)38(5,6)22-33-34(48-37(2,3)4)30-21-29(16-17-32(30)41(33)23-25-12-14-27(40)15-13-25)47-24-28-20-26-10-8-9-11-31(26)42(28)36(44)46-19-18-39/h8-17,21,28H,7,18-20,22-24H2,1-6H3. The van der Waals surface area contributed by atoms with Crippen molar-refractivity contribution in [3.8, 4) is 5.75 Å². The number of thioether (sulfide) groups is 1. The molecule has 0 radical (unpaired) electrons. The molecule has 1 aliphatic rings. The number of halogens is 2. The number of esters is 1. The van der Waals surface area contributed by atoms with Crippen molar-refractivity contribution in [1.82, 2.24) is 4.57 Å². The van der Waals surface area contributed by atoms with E-state index >= 15 is 0 Å². The van der Waals surface area contributed by atoms with Gasteiger partial charge in [-0.3, -0.25) is 9.69 Å². The summed E-state index contributed by atoms with van der Waals surface area (Å²) >= 11 is 8.71. The van der Waals surface area contributed by atoms with Crippen LogP contribution < -0.4 is 9.64 Å². The molecule has 1 atom stereocenters. The van der Waals surface area contributed by atoms with E-state index in [0.29, 0.717) is 44.5 Å². The first-order valence-electron chi connectivity index (χ1n) is 16.3. The summed E-state index contributed by atoms with van der Waals surface area (Å²) < 4.78 is 20.8. The molecule has 10 heteroatoms. The number of alkyl halides is 1. The van der Waals surface area contributed by atoms with E-state index in [-0.39, 0.29) is 22.9 Å². The van der Waals surface area contributed by atoms with Gasteiger partial charge in [-0.2, -0.15) is 0 Å². The molecule has 0 aliphatic carbocycles. The number of rotatable bonds is 12. The van der Waals surface area contributed by atoms with Gasteiger partial charge in [-0.1, -0.05) is 83.0 Å².